The standard InChI is InChI=1S/C33H36FN7O3/c1-18-9-29(42)38(2)17-24(18)25-8-7-20-11-27(41(31(20)36-25)14-19-5-6-19)32-37-26-10-21(12-28(44-4)30(26)39(32)3)33(43)40-15-22(34)13-23(35)16-40/h7-12,17,19,22-23H,5-6,13-16,35H2,1-4H3/t22-,23-/m1/s1. The van der Waals surface area contributed by atoms with Gasteiger partial charge in [-0.1, -0.05) is 0 Å². The van der Waals surface area contributed by atoms with Crippen LogP contribution in [-0.2, 0) is 20.6 Å². The lowest BCUT2D eigenvalue weighted by molar-refractivity contribution is 0.0606. The molecular weight excluding hydrogens is 561 g/mol. The molecule has 0 unspecified atom stereocenters. The van der Waals surface area contributed by atoms with E-state index in [2.05, 4.69) is 16.7 Å². The fourth-order valence-corrected chi connectivity index (χ4v) is 6.44. The van der Waals surface area contributed by atoms with Crippen LogP contribution in [0.1, 0.15) is 35.2 Å². The van der Waals surface area contributed by atoms with E-state index in [9.17, 15) is 14.0 Å². The van der Waals surface area contributed by atoms with Crippen molar-refractivity contribution in [1.82, 2.24) is 28.6 Å². The number of alkyl halides is 1. The van der Waals surface area contributed by atoms with Gasteiger partial charge in [0, 0.05) is 62.0 Å². The van der Waals surface area contributed by atoms with E-state index < -0.39 is 12.2 Å². The Hall–Kier alpha value is -4.51. The maximum absolute atomic E-state index is 14.3. The summed E-state index contributed by atoms with van der Waals surface area (Å²) < 4.78 is 25.8. The minimum Gasteiger partial charge on any atom is -0.494 e. The van der Waals surface area contributed by atoms with Gasteiger partial charge in [0.05, 0.1) is 30.6 Å². The van der Waals surface area contributed by atoms with Crippen molar-refractivity contribution >= 4 is 28.0 Å². The van der Waals surface area contributed by atoms with Crippen molar-refractivity contribution in [3.63, 3.8) is 0 Å². The molecule has 10 nitrogen and oxygen atoms in total. The molecule has 1 aliphatic carbocycles. The number of carbonyl (C=O) groups excluding carboxylic acids is 1. The maximum Gasteiger partial charge on any atom is 0.254 e. The molecule has 7 rings (SSSR count). The van der Waals surface area contributed by atoms with Crippen LogP contribution in [0.15, 0.2) is 47.4 Å². The van der Waals surface area contributed by atoms with Crippen molar-refractivity contribution in [2.75, 3.05) is 20.2 Å². The van der Waals surface area contributed by atoms with E-state index in [1.54, 1.807) is 36.9 Å². The molecule has 1 amide bonds. The second kappa shape index (κ2) is 10.6. The molecule has 228 valence electrons. The fraction of sp³-hybridized carbons (Fsp3) is 0.394. The Bertz CT molecular complexity index is 1990. The molecule has 1 aliphatic heterocycles. The largest absolute Gasteiger partial charge is 0.494 e. The van der Waals surface area contributed by atoms with Crippen LogP contribution in [0.2, 0.25) is 0 Å². The predicted molar refractivity (Wildman–Crippen MR) is 168 cm³/mol. The molecule has 2 atom stereocenters. The number of aryl methyl sites for hydroxylation is 3. The predicted octanol–water partition coefficient (Wildman–Crippen LogP) is 4.19. The molecular formula is C33H36FN7O3. The van der Waals surface area contributed by atoms with Crippen LogP contribution in [0.5, 0.6) is 5.75 Å². The summed E-state index contributed by atoms with van der Waals surface area (Å²) in [6, 6.07) is 10.9. The zero-order chi connectivity index (χ0) is 30.9. The van der Waals surface area contributed by atoms with E-state index >= 15 is 0 Å². The number of pyridine rings is 2. The zero-order valence-electron chi connectivity index (χ0n) is 25.4. The molecule has 5 heterocycles. The van der Waals surface area contributed by atoms with E-state index in [0.29, 0.717) is 29.3 Å². The van der Waals surface area contributed by atoms with Crippen molar-refractivity contribution in [3.8, 4) is 28.5 Å². The van der Waals surface area contributed by atoms with Crippen molar-refractivity contribution < 1.29 is 13.9 Å². The molecule has 5 aromatic rings. The first-order valence-corrected chi connectivity index (χ1v) is 15.0. The number of hydrogen-bond acceptors (Lipinski definition) is 6. The molecule has 4 aromatic heterocycles. The number of ether oxygens (including phenoxy) is 1. The average molecular weight is 598 g/mol. The SMILES string of the molecule is COc1cc(C(=O)N2C[C@H](N)C[C@@H](F)C2)cc2nc(-c3cc4ccc(-c5cn(C)c(=O)cc5C)nc4n3CC3CC3)n(C)c12. The van der Waals surface area contributed by atoms with Crippen LogP contribution in [0.4, 0.5) is 4.39 Å². The highest BCUT2D eigenvalue weighted by atomic mass is 19.1. The Morgan fingerprint density at radius 3 is 2.64 bits per heavy atom. The number of nitrogens with zero attached hydrogens (tertiary/aromatic N) is 6. The Labute approximate surface area is 253 Å². The number of methoxy groups -OCH3 is 1. The molecule has 2 N–H and O–H groups in total. The van der Waals surface area contributed by atoms with E-state index in [4.69, 9.17) is 20.4 Å². The zero-order valence-corrected chi connectivity index (χ0v) is 25.4. The highest BCUT2D eigenvalue weighted by Gasteiger charge is 2.30. The third kappa shape index (κ3) is 4.85. The first kappa shape index (κ1) is 28.3. The van der Waals surface area contributed by atoms with E-state index in [-0.39, 0.29) is 24.4 Å². The van der Waals surface area contributed by atoms with Gasteiger partial charge in [-0.2, -0.15) is 0 Å². The topological polar surface area (TPSA) is 113 Å². The summed E-state index contributed by atoms with van der Waals surface area (Å²) in [5.74, 6) is 1.52. The summed E-state index contributed by atoms with van der Waals surface area (Å²) >= 11 is 0. The molecule has 0 bridgehead atoms. The quantitative estimate of drug-likeness (QED) is 0.314. The number of carbonyl (C=O) groups is 1. The second-order valence-corrected chi connectivity index (χ2v) is 12.4. The Balaban J connectivity index is 1.35. The summed E-state index contributed by atoms with van der Waals surface area (Å²) in [6.45, 7) is 3.07. The lowest BCUT2D eigenvalue weighted by Gasteiger charge is -2.33. The van der Waals surface area contributed by atoms with Gasteiger partial charge in [-0.3, -0.25) is 9.59 Å². The number of fused-ring (bicyclic) bond motifs is 2. The number of likely N-dealkylation sites (tertiary alicyclic amines) is 1. The summed E-state index contributed by atoms with van der Waals surface area (Å²) in [5.41, 5.74) is 12.1. The van der Waals surface area contributed by atoms with Crippen LogP contribution in [0.25, 0.3) is 44.8 Å². The number of aromatic nitrogens is 5. The normalized spacial score (nSPS) is 18.8. The Morgan fingerprint density at radius 2 is 1.91 bits per heavy atom. The van der Waals surface area contributed by atoms with Crippen LogP contribution in [0.3, 0.4) is 0 Å². The number of halogens is 1. The number of piperidine rings is 1. The summed E-state index contributed by atoms with van der Waals surface area (Å²) in [7, 11) is 5.26. The first-order chi connectivity index (χ1) is 21.1. The smallest absolute Gasteiger partial charge is 0.254 e. The van der Waals surface area contributed by atoms with Gasteiger partial charge in [0.1, 0.15) is 23.1 Å². The van der Waals surface area contributed by atoms with Gasteiger partial charge in [0.2, 0.25) is 0 Å². The van der Waals surface area contributed by atoms with Gasteiger partial charge < -0.3 is 29.1 Å². The van der Waals surface area contributed by atoms with Crippen LogP contribution in [0, 0.1) is 12.8 Å². The lowest BCUT2D eigenvalue weighted by Crippen LogP contribution is -2.50. The number of benzene rings is 1. The molecule has 2 fully saturated rings. The number of hydrogen-bond donors (Lipinski definition) is 1. The summed E-state index contributed by atoms with van der Waals surface area (Å²) in [5, 5.41) is 0.990. The molecule has 11 heteroatoms. The number of nitrogens with two attached hydrogens (primary N) is 1. The number of rotatable bonds is 6. The molecule has 1 aromatic carbocycles. The fourth-order valence-electron chi connectivity index (χ4n) is 6.44. The third-order valence-corrected chi connectivity index (χ3v) is 8.94. The Morgan fingerprint density at radius 1 is 1.11 bits per heavy atom. The van der Waals surface area contributed by atoms with E-state index in [0.717, 1.165) is 51.4 Å². The maximum atomic E-state index is 14.3. The van der Waals surface area contributed by atoms with E-state index in [1.165, 1.54) is 17.7 Å². The second-order valence-electron chi connectivity index (χ2n) is 12.4. The van der Waals surface area contributed by atoms with Crippen molar-refractivity contribution in [2.45, 2.75) is 44.9 Å². The monoisotopic (exact) mass is 597 g/mol. The molecule has 2 aliphatic rings. The van der Waals surface area contributed by atoms with Gasteiger partial charge >= 0.3 is 0 Å². The van der Waals surface area contributed by atoms with Gasteiger partial charge in [-0.25, -0.2) is 14.4 Å². The van der Waals surface area contributed by atoms with Gasteiger partial charge in [-0.15, -0.1) is 0 Å². The number of amides is 1. The summed E-state index contributed by atoms with van der Waals surface area (Å²) in [4.78, 5) is 37.3. The minimum atomic E-state index is -1.14. The third-order valence-electron chi connectivity index (χ3n) is 8.94. The molecule has 1 saturated carbocycles. The van der Waals surface area contributed by atoms with E-state index in [1.807, 2.05) is 30.8 Å². The van der Waals surface area contributed by atoms with Gasteiger partial charge in [0.15, 0.2) is 5.82 Å². The van der Waals surface area contributed by atoms with Crippen LogP contribution in [-0.4, -0.2) is 66.9 Å². The molecule has 0 radical (unpaired) electrons. The van der Waals surface area contributed by atoms with Gasteiger partial charge in [0.25, 0.3) is 11.5 Å². The highest BCUT2D eigenvalue weighted by Crippen LogP contribution is 2.38. The lowest BCUT2D eigenvalue weighted by atomic mass is 10.0. The highest BCUT2D eigenvalue weighted by molar-refractivity contribution is 6.00. The first-order valence-electron chi connectivity index (χ1n) is 15.0. The van der Waals surface area contributed by atoms with Crippen molar-refractivity contribution in [1.29, 1.82) is 0 Å². The molecule has 44 heavy (non-hydrogen) atoms. The number of imidazole rings is 1. The van der Waals surface area contributed by atoms with Gasteiger partial charge in [-0.05, 0) is 68.0 Å². The molecule has 1 saturated heterocycles. The minimum absolute atomic E-state index is 0.0232. The van der Waals surface area contributed by atoms with Crippen molar-refractivity contribution in [2.24, 2.45) is 25.7 Å². The Kier molecular flexibility index (Phi) is 6.80. The average Bonchev–Trinajstić information content (AvgIpc) is 3.66. The summed E-state index contributed by atoms with van der Waals surface area (Å²) in [6.07, 6.45) is 3.28. The van der Waals surface area contributed by atoms with Crippen LogP contribution < -0.4 is 16.0 Å². The van der Waals surface area contributed by atoms with Crippen molar-refractivity contribution in [3.05, 3.63) is 64.1 Å². The molecule has 0 spiro atoms. The van der Waals surface area contributed by atoms with Crippen LogP contribution >= 0.6 is 0 Å².